The molecule has 0 bridgehead atoms. The lowest BCUT2D eigenvalue weighted by Gasteiger charge is -2.18. The molecule has 0 aromatic heterocycles. The smallest absolute Gasteiger partial charge is 0.306 e. The number of allylic oxidation sites excluding steroid dienone is 14. The van der Waals surface area contributed by atoms with Gasteiger partial charge in [-0.25, -0.2) is 0 Å². The van der Waals surface area contributed by atoms with Crippen LogP contribution in [0.2, 0.25) is 0 Å². The molecule has 0 heterocycles. The maximum absolute atomic E-state index is 12.8. The Morgan fingerprint density at radius 2 is 0.667 bits per heavy atom. The molecule has 0 saturated carbocycles. The third kappa shape index (κ3) is 45.7. The average molecular weight is 835 g/mol. The van der Waals surface area contributed by atoms with Gasteiger partial charge in [0.05, 0.1) is 0 Å². The summed E-state index contributed by atoms with van der Waals surface area (Å²) in [6.07, 6.45) is 61.4. The summed E-state index contributed by atoms with van der Waals surface area (Å²) in [7, 11) is 0. The molecule has 0 rings (SSSR count). The third-order valence-corrected chi connectivity index (χ3v) is 10.2. The Morgan fingerprint density at radius 1 is 0.333 bits per heavy atom. The van der Waals surface area contributed by atoms with E-state index in [-0.39, 0.29) is 31.1 Å². The molecule has 0 aliphatic heterocycles. The van der Waals surface area contributed by atoms with Crippen LogP contribution in [0.25, 0.3) is 0 Å². The van der Waals surface area contributed by atoms with Crippen molar-refractivity contribution in [2.45, 2.75) is 226 Å². The Morgan fingerprint density at radius 3 is 1.12 bits per heavy atom. The summed E-state index contributed by atoms with van der Waals surface area (Å²) >= 11 is 0. The lowest BCUT2D eigenvalue weighted by Crippen LogP contribution is -2.30. The molecule has 60 heavy (non-hydrogen) atoms. The number of carbonyl (C=O) groups is 3. The van der Waals surface area contributed by atoms with Crippen LogP contribution in [0.5, 0.6) is 0 Å². The number of ether oxygens (including phenoxy) is 3. The summed E-state index contributed by atoms with van der Waals surface area (Å²) in [6, 6.07) is 0. The molecule has 1 unspecified atom stereocenters. The van der Waals surface area contributed by atoms with Gasteiger partial charge in [0.2, 0.25) is 0 Å². The number of hydrogen-bond donors (Lipinski definition) is 0. The van der Waals surface area contributed by atoms with Gasteiger partial charge in [0, 0.05) is 19.3 Å². The summed E-state index contributed by atoms with van der Waals surface area (Å²) in [5.74, 6) is -0.968. The number of unbranched alkanes of at least 4 members (excludes halogenated alkanes) is 22. The largest absolute Gasteiger partial charge is 0.462 e. The highest BCUT2D eigenvalue weighted by molar-refractivity contribution is 5.71. The van der Waals surface area contributed by atoms with Gasteiger partial charge in [0.15, 0.2) is 6.10 Å². The third-order valence-electron chi connectivity index (χ3n) is 10.2. The van der Waals surface area contributed by atoms with Crippen LogP contribution in [0.1, 0.15) is 220 Å². The van der Waals surface area contributed by atoms with Crippen molar-refractivity contribution in [1.29, 1.82) is 0 Å². The van der Waals surface area contributed by atoms with E-state index in [1.54, 1.807) is 0 Å². The molecule has 0 N–H and O–H groups in total. The molecule has 0 radical (unpaired) electrons. The molecule has 0 spiro atoms. The molecule has 0 aliphatic carbocycles. The van der Waals surface area contributed by atoms with Gasteiger partial charge in [-0.05, 0) is 83.5 Å². The minimum atomic E-state index is -0.799. The van der Waals surface area contributed by atoms with Crippen LogP contribution in [0.4, 0.5) is 0 Å². The predicted molar refractivity (Wildman–Crippen MR) is 256 cm³/mol. The van der Waals surface area contributed by atoms with Crippen LogP contribution < -0.4 is 0 Å². The zero-order chi connectivity index (χ0) is 43.7. The van der Waals surface area contributed by atoms with E-state index < -0.39 is 6.10 Å². The zero-order valence-corrected chi connectivity index (χ0v) is 38.9. The Kier molecular flexibility index (Phi) is 45.5. The van der Waals surface area contributed by atoms with E-state index in [9.17, 15) is 14.4 Å². The van der Waals surface area contributed by atoms with E-state index in [1.807, 2.05) is 24.3 Å². The molecule has 0 aliphatic rings. The van der Waals surface area contributed by atoms with Crippen molar-refractivity contribution in [3.05, 3.63) is 85.1 Å². The average Bonchev–Trinajstić information content (AvgIpc) is 3.24. The van der Waals surface area contributed by atoms with Crippen LogP contribution in [0.15, 0.2) is 85.1 Å². The van der Waals surface area contributed by atoms with Gasteiger partial charge in [0.25, 0.3) is 0 Å². The van der Waals surface area contributed by atoms with Gasteiger partial charge in [-0.15, -0.1) is 0 Å². The first-order chi connectivity index (χ1) is 29.5. The molecular formula is C54H90O6. The Hall–Kier alpha value is -3.41. The maximum Gasteiger partial charge on any atom is 0.306 e. The van der Waals surface area contributed by atoms with Crippen LogP contribution in [-0.4, -0.2) is 37.2 Å². The first-order valence-corrected chi connectivity index (χ1v) is 24.7. The molecule has 0 saturated heterocycles. The summed E-state index contributed by atoms with van der Waals surface area (Å²) in [5.41, 5.74) is 0. The Balaban J connectivity index is 4.43. The lowest BCUT2D eigenvalue weighted by atomic mass is 10.1. The highest BCUT2D eigenvalue weighted by atomic mass is 16.6. The standard InChI is InChI=1S/C54H90O6/c1-4-7-10-13-16-19-21-23-25-26-27-29-30-32-35-38-41-44-47-53(56)59-50-51(49-58-52(55)46-43-40-37-34-18-15-12-9-6-3)60-54(57)48-45-42-39-36-33-31-28-24-22-20-17-14-11-8-5-2/h10,13,16,19-23,25-27,29,34,37,51H,4-9,11-12,14-15,17-18,24,28,30-33,35-36,38-50H2,1-3H3/b13-10-,19-16-,22-20-,23-21-,26-25-,29-27-,37-34-. The fourth-order valence-electron chi connectivity index (χ4n) is 6.47. The molecule has 342 valence electrons. The van der Waals surface area contributed by atoms with Gasteiger partial charge in [-0.1, -0.05) is 202 Å². The van der Waals surface area contributed by atoms with E-state index in [0.717, 1.165) is 77.0 Å². The van der Waals surface area contributed by atoms with Crippen LogP contribution in [-0.2, 0) is 28.6 Å². The van der Waals surface area contributed by atoms with E-state index in [2.05, 4.69) is 81.5 Å². The second kappa shape index (κ2) is 48.3. The summed E-state index contributed by atoms with van der Waals surface area (Å²) in [4.78, 5) is 37.8. The number of carbonyl (C=O) groups excluding carboxylic acids is 3. The van der Waals surface area contributed by atoms with Crippen LogP contribution >= 0.6 is 0 Å². The van der Waals surface area contributed by atoms with E-state index in [0.29, 0.717) is 25.7 Å². The second-order valence-corrected chi connectivity index (χ2v) is 16.1. The first-order valence-electron chi connectivity index (χ1n) is 24.7. The Labute approximate surface area is 369 Å². The minimum Gasteiger partial charge on any atom is -0.462 e. The topological polar surface area (TPSA) is 78.9 Å². The molecule has 6 nitrogen and oxygen atoms in total. The van der Waals surface area contributed by atoms with E-state index >= 15 is 0 Å². The minimum absolute atomic E-state index is 0.101. The SMILES string of the molecule is CCC\C=C/C=C\C=C/C=C\C=C/CCCCCCCC(=O)OCC(COC(=O)CCC/C=C\CCCCCC)OC(=O)CCCCCCCCC/C=C\CCCCCC. The maximum atomic E-state index is 12.8. The van der Waals surface area contributed by atoms with Crippen molar-refractivity contribution in [3.63, 3.8) is 0 Å². The van der Waals surface area contributed by atoms with Crippen molar-refractivity contribution >= 4 is 17.9 Å². The normalized spacial score (nSPS) is 12.8. The molecule has 6 heteroatoms. The highest BCUT2D eigenvalue weighted by Gasteiger charge is 2.19. The van der Waals surface area contributed by atoms with Gasteiger partial charge in [-0.3, -0.25) is 14.4 Å². The number of rotatable bonds is 43. The quantitative estimate of drug-likeness (QED) is 0.0200. The monoisotopic (exact) mass is 835 g/mol. The van der Waals surface area contributed by atoms with Crippen LogP contribution in [0.3, 0.4) is 0 Å². The second-order valence-electron chi connectivity index (χ2n) is 16.1. The van der Waals surface area contributed by atoms with E-state index in [4.69, 9.17) is 14.2 Å². The van der Waals surface area contributed by atoms with Gasteiger partial charge in [-0.2, -0.15) is 0 Å². The van der Waals surface area contributed by atoms with E-state index in [1.165, 1.54) is 96.3 Å². The fraction of sp³-hybridized carbons (Fsp3) is 0.685. The number of esters is 3. The molecule has 0 aromatic carbocycles. The number of hydrogen-bond acceptors (Lipinski definition) is 6. The van der Waals surface area contributed by atoms with Gasteiger partial charge in [0.1, 0.15) is 13.2 Å². The van der Waals surface area contributed by atoms with Crippen molar-refractivity contribution in [1.82, 2.24) is 0 Å². The molecule has 0 amide bonds. The highest BCUT2D eigenvalue weighted by Crippen LogP contribution is 2.13. The zero-order valence-electron chi connectivity index (χ0n) is 38.9. The van der Waals surface area contributed by atoms with Crippen molar-refractivity contribution in [3.8, 4) is 0 Å². The van der Waals surface area contributed by atoms with Crippen LogP contribution in [0, 0.1) is 0 Å². The fourth-order valence-corrected chi connectivity index (χ4v) is 6.47. The van der Waals surface area contributed by atoms with Crippen molar-refractivity contribution in [2.24, 2.45) is 0 Å². The van der Waals surface area contributed by atoms with Crippen molar-refractivity contribution in [2.75, 3.05) is 13.2 Å². The summed E-state index contributed by atoms with van der Waals surface area (Å²) in [6.45, 7) is 6.44. The first kappa shape index (κ1) is 56.6. The van der Waals surface area contributed by atoms with Gasteiger partial charge < -0.3 is 14.2 Å². The molecule has 1 atom stereocenters. The molecular weight excluding hydrogens is 745 g/mol. The predicted octanol–water partition coefficient (Wildman–Crippen LogP) is 16.0. The molecule has 0 aromatic rings. The lowest BCUT2D eigenvalue weighted by molar-refractivity contribution is -0.167. The van der Waals surface area contributed by atoms with Gasteiger partial charge >= 0.3 is 17.9 Å². The van der Waals surface area contributed by atoms with Crippen molar-refractivity contribution < 1.29 is 28.6 Å². The Bertz CT molecular complexity index is 1190. The molecule has 0 fully saturated rings. The summed E-state index contributed by atoms with van der Waals surface area (Å²) in [5, 5.41) is 0. The summed E-state index contributed by atoms with van der Waals surface area (Å²) < 4.78 is 16.7.